The van der Waals surface area contributed by atoms with Gasteiger partial charge in [0.25, 0.3) is 0 Å². The van der Waals surface area contributed by atoms with Gasteiger partial charge in [-0.1, -0.05) is 24.3 Å². The number of thioether (sulfide) groups is 1. The van der Waals surface area contributed by atoms with Crippen LogP contribution in [0.1, 0.15) is 13.8 Å². The van der Waals surface area contributed by atoms with Gasteiger partial charge in [0.1, 0.15) is 0 Å². The molecular formula is C17H18N2O2S. The lowest BCUT2D eigenvalue weighted by Crippen LogP contribution is -2.22. The van der Waals surface area contributed by atoms with Crippen molar-refractivity contribution in [3.8, 4) is 0 Å². The maximum absolute atomic E-state index is 12.2. The summed E-state index contributed by atoms with van der Waals surface area (Å²) in [5.41, 5.74) is 1.32. The second kappa shape index (κ2) is 7.66. The van der Waals surface area contributed by atoms with E-state index >= 15 is 0 Å². The molecule has 0 fully saturated rings. The van der Waals surface area contributed by atoms with E-state index < -0.39 is 0 Å². The summed E-state index contributed by atoms with van der Waals surface area (Å²) in [6.07, 6.45) is 0. The Labute approximate surface area is 134 Å². The number of anilines is 2. The zero-order valence-electron chi connectivity index (χ0n) is 12.5. The normalized spacial score (nSPS) is 11.5. The largest absolute Gasteiger partial charge is 0.326 e. The number of nitrogens with one attached hydrogen (secondary N) is 2. The molecular weight excluding hydrogens is 296 g/mol. The SMILES string of the molecule is CC(=O)Nc1cccc(NC(=O)[C@@H](C)Sc2ccccc2)c1. The minimum atomic E-state index is -0.216. The Morgan fingerprint density at radius 3 is 2.23 bits per heavy atom. The molecule has 0 aliphatic carbocycles. The second-order valence-electron chi connectivity index (χ2n) is 4.82. The van der Waals surface area contributed by atoms with Gasteiger partial charge in [0, 0.05) is 23.2 Å². The van der Waals surface area contributed by atoms with Crippen molar-refractivity contribution in [2.24, 2.45) is 0 Å². The first-order valence-corrected chi connectivity index (χ1v) is 7.83. The van der Waals surface area contributed by atoms with Gasteiger partial charge in [0.2, 0.25) is 11.8 Å². The monoisotopic (exact) mass is 314 g/mol. The zero-order chi connectivity index (χ0) is 15.9. The van der Waals surface area contributed by atoms with Crippen molar-refractivity contribution in [1.82, 2.24) is 0 Å². The van der Waals surface area contributed by atoms with Gasteiger partial charge in [0.15, 0.2) is 0 Å². The van der Waals surface area contributed by atoms with E-state index in [4.69, 9.17) is 0 Å². The lowest BCUT2D eigenvalue weighted by Gasteiger charge is -2.13. The molecule has 0 aromatic heterocycles. The molecule has 0 unspecified atom stereocenters. The number of benzene rings is 2. The van der Waals surface area contributed by atoms with Crippen LogP contribution in [0.25, 0.3) is 0 Å². The van der Waals surface area contributed by atoms with Crippen LogP contribution in [-0.2, 0) is 9.59 Å². The standard InChI is InChI=1S/C17H18N2O2S/c1-12(22-16-9-4-3-5-10-16)17(21)19-15-8-6-7-14(11-15)18-13(2)20/h3-12H,1-2H3,(H,18,20)(H,19,21)/t12-/m1/s1. The van der Waals surface area contributed by atoms with Crippen molar-refractivity contribution >= 4 is 35.0 Å². The quantitative estimate of drug-likeness (QED) is 0.826. The molecule has 1 atom stereocenters. The van der Waals surface area contributed by atoms with Gasteiger partial charge in [-0.2, -0.15) is 0 Å². The first-order valence-electron chi connectivity index (χ1n) is 6.95. The Morgan fingerprint density at radius 1 is 0.955 bits per heavy atom. The molecule has 22 heavy (non-hydrogen) atoms. The van der Waals surface area contributed by atoms with E-state index in [0.717, 1.165) is 4.90 Å². The molecule has 0 aliphatic heterocycles. The summed E-state index contributed by atoms with van der Waals surface area (Å²) < 4.78 is 0. The predicted octanol–water partition coefficient (Wildman–Crippen LogP) is 3.76. The molecule has 2 rings (SSSR count). The van der Waals surface area contributed by atoms with E-state index in [2.05, 4.69) is 10.6 Å². The van der Waals surface area contributed by atoms with Gasteiger partial charge in [0.05, 0.1) is 5.25 Å². The fourth-order valence-electron chi connectivity index (χ4n) is 1.88. The summed E-state index contributed by atoms with van der Waals surface area (Å²) in [7, 11) is 0. The van der Waals surface area contributed by atoms with Crippen LogP contribution in [0.4, 0.5) is 11.4 Å². The first kappa shape index (κ1) is 16.1. The summed E-state index contributed by atoms with van der Waals surface area (Å²) in [6, 6.07) is 16.9. The lowest BCUT2D eigenvalue weighted by atomic mass is 10.2. The van der Waals surface area contributed by atoms with Crippen LogP contribution in [0.15, 0.2) is 59.5 Å². The average molecular weight is 314 g/mol. The van der Waals surface area contributed by atoms with E-state index in [9.17, 15) is 9.59 Å². The van der Waals surface area contributed by atoms with Gasteiger partial charge in [-0.15, -0.1) is 11.8 Å². The minimum absolute atomic E-state index is 0.0752. The van der Waals surface area contributed by atoms with Crippen LogP contribution in [0.3, 0.4) is 0 Å². The third kappa shape index (κ3) is 4.93. The van der Waals surface area contributed by atoms with Crippen molar-refractivity contribution < 1.29 is 9.59 Å². The highest BCUT2D eigenvalue weighted by molar-refractivity contribution is 8.00. The molecule has 0 saturated carbocycles. The van der Waals surface area contributed by atoms with Crippen molar-refractivity contribution in [1.29, 1.82) is 0 Å². The molecule has 0 heterocycles. The summed E-state index contributed by atoms with van der Waals surface area (Å²) in [5.74, 6) is -0.217. The van der Waals surface area contributed by atoms with E-state index in [1.54, 1.807) is 24.3 Å². The van der Waals surface area contributed by atoms with E-state index in [1.165, 1.54) is 18.7 Å². The summed E-state index contributed by atoms with van der Waals surface area (Å²) in [4.78, 5) is 24.3. The van der Waals surface area contributed by atoms with Crippen LogP contribution in [0, 0.1) is 0 Å². The van der Waals surface area contributed by atoms with Crippen molar-refractivity contribution in [3.05, 3.63) is 54.6 Å². The highest BCUT2D eigenvalue weighted by atomic mass is 32.2. The molecule has 0 spiro atoms. The molecule has 2 N–H and O–H groups in total. The van der Waals surface area contributed by atoms with E-state index in [1.807, 2.05) is 37.3 Å². The van der Waals surface area contributed by atoms with Gasteiger partial charge in [-0.3, -0.25) is 9.59 Å². The maximum Gasteiger partial charge on any atom is 0.237 e. The van der Waals surface area contributed by atoms with Crippen molar-refractivity contribution in [2.45, 2.75) is 24.0 Å². The highest BCUT2D eigenvalue weighted by Crippen LogP contribution is 2.24. The molecule has 2 aromatic rings. The summed E-state index contributed by atoms with van der Waals surface area (Å²) in [5, 5.41) is 5.34. The first-order chi connectivity index (χ1) is 10.5. The smallest absolute Gasteiger partial charge is 0.237 e. The second-order valence-corrected chi connectivity index (χ2v) is 6.24. The molecule has 0 aliphatic rings. The number of hydrogen-bond acceptors (Lipinski definition) is 3. The van der Waals surface area contributed by atoms with Crippen LogP contribution < -0.4 is 10.6 Å². The van der Waals surface area contributed by atoms with Crippen LogP contribution in [-0.4, -0.2) is 17.1 Å². The summed E-state index contributed by atoms with van der Waals surface area (Å²) in [6.45, 7) is 3.31. The maximum atomic E-state index is 12.2. The van der Waals surface area contributed by atoms with Gasteiger partial charge in [-0.25, -0.2) is 0 Å². The van der Waals surface area contributed by atoms with E-state index in [0.29, 0.717) is 11.4 Å². The molecule has 4 nitrogen and oxygen atoms in total. The summed E-state index contributed by atoms with van der Waals surface area (Å²) >= 11 is 1.50. The molecule has 2 amide bonds. The van der Waals surface area contributed by atoms with Crippen LogP contribution >= 0.6 is 11.8 Å². The van der Waals surface area contributed by atoms with Gasteiger partial charge in [-0.05, 0) is 37.3 Å². The number of carbonyl (C=O) groups is 2. The van der Waals surface area contributed by atoms with Gasteiger partial charge >= 0.3 is 0 Å². The molecule has 114 valence electrons. The Balaban J connectivity index is 1.97. The van der Waals surface area contributed by atoms with Crippen LogP contribution in [0.5, 0.6) is 0 Å². The fourth-order valence-corrected chi connectivity index (χ4v) is 2.77. The van der Waals surface area contributed by atoms with Crippen molar-refractivity contribution in [2.75, 3.05) is 10.6 Å². The van der Waals surface area contributed by atoms with E-state index in [-0.39, 0.29) is 17.1 Å². The Bertz CT molecular complexity index is 659. The number of amides is 2. The molecule has 0 radical (unpaired) electrons. The molecule has 0 bridgehead atoms. The Morgan fingerprint density at radius 2 is 1.59 bits per heavy atom. The fraction of sp³-hybridized carbons (Fsp3) is 0.176. The van der Waals surface area contributed by atoms with Gasteiger partial charge < -0.3 is 10.6 Å². The zero-order valence-corrected chi connectivity index (χ0v) is 13.3. The highest BCUT2D eigenvalue weighted by Gasteiger charge is 2.14. The third-order valence-electron chi connectivity index (χ3n) is 2.88. The minimum Gasteiger partial charge on any atom is -0.326 e. The lowest BCUT2D eigenvalue weighted by molar-refractivity contribution is -0.115. The predicted molar refractivity (Wildman–Crippen MR) is 91.1 cm³/mol. The average Bonchev–Trinajstić information content (AvgIpc) is 2.48. The number of hydrogen-bond donors (Lipinski definition) is 2. The molecule has 5 heteroatoms. The van der Waals surface area contributed by atoms with Crippen molar-refractivity contribution in [3.63, 3.8) is 0 Å². The Kier molecular flexibility index (Phi) is 5.61. The number of carbonyl (C=O) groups excluding carboxylic acids is 2. The topological polar surface area (TPSA) is 58.2 Å². The molecule has 2 aromatic carbocycles. The number of rotatable bonds is 5. The van der Waals surface area contributed by atoms with Crippen LogP contribution in [0.2, 0.25) is 0 Å². The third-order valence-corrected chi connectivity index (χ3v) is 3.99. The Hall–Kier alpha value is -2.27. The molecule has 0 saturated heterocycles.